The number of H-pyrrole nitrogens is 1. The van der Waals surface area contributed by atoms with Crippen LogP contribution in [0.3, 0.4) is 0 Å². The molecule has 86 valence electrons. The summed E-state index contributed by atoms with van der Waals surface area (Å²) in [6, 6.07) is 10.2. The van der Waals surface area contributed by atoms with E-state index in [9.17, 15) is 4.79 Å². The minimum atomic E-state index is 0.112. The number of rotatable bonds is 1. The number of fused-ring (bicyclic) bond motifs is 1. The maximum atomic E-state index is 12.2. The van der Waals surface area contributed by atoms with Crippen molar-refractivity contribution in [3.63, 3.8) is 0 Å². The summed E-state index contributed by atoms with van der Waals surface area (Å²) < 4.78 is 0. The maximum absolute atomic E-state index is 12.2. The molecule has 1 aliphatic rings. The van der Waals surface area contributed by atoms with E-state index in [0.717, 1.165) is 25.1 Å². The van der Waals surface area contributed by atoms with Crippen molar-refractivity contribution in [2.75, 3.05) is 6.54 Å². The summed E-state index contributed by atoms with van der Waals surface area (Å²) in [7, 11) is 0. The average Bonchev–Trinajstić information content (AvgIpc) is 2.91. The minimum absolute atomic E-state index is 0.112. The molecule has 0 atom stereocenters. The highest BCUT2D eigenvalue weighted by Gasteiger charge is 2.21. The standard InChI is InChI=1S/C14H14N2O/c17-14(12-5-7-15-9-12)16-8-6-11-3-1-2-4-13(11)10-16/h1-5,7,9,15H,6,8,10H2. The van der Waals surface area contributed by atoms with Crippen LogP contribution in [0, 0.1) is 0 Å². The van der Waals surface area contributed by atoms with Crippen molar-refractivity contribution in [3.8, 4) is 0 Å². The van der Waals surface area contributed by atoms with Gasteiger partial charge in [0.15, 0.2) is 0 Å². The van der Waals surface area contributed by atoms with Gasteiger partial charge in [0.25, 0.3) is 5.91 Å². The average molecular weight is 226 g/mol. The number of amides is 1. The Bertz CT molecular complexity index is 531. The van der Waals surface area contributed by atoms with Crippen LogP contribution in [0.5, 0.6) is 0 Å². The van der Waals surface area contributed by atoms with Crippen LogP contribution in [0.15, 0.2) is 42.7 Å². The van der Waals surface area contributed by atoms with Gasteiger partial charge in [-0.15, -0.1) is 0 Å². The third kappa shape index (κ3) is 1.84. The van der Waals surface area contributed by atoms with Gasteiger partial charge < -0.3 is 9.88 Å². The SMILES string of the molecule is O=C(c1cc[nH]c1)N1CCc2ccccc2C1. The van der Waals surface area contributed by atoms with Crippen LogP contribution < -0.4 is 0 Å². The molecule has 0 saturated carbocycles. The molecule has 1 aromatic carbocycles. The van der Waals surface area contributed by atoms with Gasteiger partial charge in [-0.3, -0.25) is 4.79 Å². The molecule has 17 heavy (non-hydrogen) atoms. The van der Waals surface area contributed by atoms with E-state index in [0.29, 0.717) is 0 Å². The molecule has 0 spiro atoms. The topological polar surface area (TPSA) is 36.1 Å². The van der Waals surface area contributed by atoms with Crippen molar-refractivity contribution < 1.29 is 4.79 Å². The number of carbonyl (C=O) groups is 1. The zero-order valence-corrected chi connectivity index (χ0v) is 9.52. The summed E-state index contributed by atoms with van der Waals surface area (Å²) in [4.78, 5) is 17.0. The lowest BCUT2D eigenvalue weighted by Crippen LogP contribution is -2.35. The molecule has 0 unspecified atom stereocenters. The zero-order valence-electron chi connectivity index (χ0n) is 9.52. The zero-order chi connectivity index (χ0) is 11.7. The number of aromatic amines is 1. The summed E-state index contributed by atoms with van der Waals surface area (Å²) in [5.41, 5.74) is 3.37. The van der Waals surface area contributed by atoms with Crippen molar-refractivity contribution in [1.29, 1.82) is 0 Å². The van der Waals surface area contributed by atoms with E-state index in [1.165, 1.54) is 11.1 Å². The number of aromatic nitrogens is 1. The normalized spacial score (nSPS) is 14.5. The predicted molar refractivity (Wildman–Crippen MR) is 65.7 cm³/mol. The van der Waals surface area contributed by atoms with Crippen molar-refractivity contribution >= 4 is 5.91 Å². The van der Waals surface area contributed by atoms with Crippen LogP contribution in [0.25, 0.3) is 0 Å². The third-order valence-electron chi connectivity index (χ3n) is 3.26. The number of hydrogen-bond acceptors (Lipinski definition) is 1. The fourth-order valence-corrected chi connectivity index (χ4v) is 2.31. The van der Waals surface area contributed by atoms with Crippen LogP contribution in [0.1, 0.15) is 21.5 Å². The minimum Gasteiger partial charge on any atom is -0.367 e. The van der Waals surface area contributed by atoms with Gasteiger partial charge in [-0.05, 0) is 23.6 Å². The van der Waals surface area contributed by atoms with Gasteiger partial charge in [-0.25, -0.2) is 0 Å². The van der Waals surface area contributed by atoms with Gasteiger partial charge in [0.05, 0.1) is 5.56 Å². The molecular weight excluding hydrogens is 212 g/mol. The molecule has 0 radical (unpaired) electrons. The molecule has 2 aromatic rings. The van der Waals surface area contributed by atoms with Crippen molar-refractivity contribution in [2.45, 2.75) is 13.0 Å². The van der Waals surface area contributed by atoms with Crippen LogP contribution in [-0.4, -0.2) is 22.3 Å². The third-order valence-corrected chi connectivity index (χ3v) is 3.26. The first kappa shape index (κ1) is 10.1. The largest absolute Gasteiger partial charge is 0.367 e. The summed E-state index contributed by atoms with van der Waals surface area (Å²) in [5, 5.41) is 0. The lowest BCUT2D eigenvalue weighted by Gasteiger charge is -2.28. The molecule has 3 nitrogen and oxygen atoms in total. The Balaban J connectivity index is 1.83. The van der Waals surface area contributed by atoms with Crippen LogP contribution in [0.2, 0.25) is 0 Å². The molecule has 1 amide bonds. The van der Waals surface area contributed by atoms with E-state index in [2.05, 4.69) is 23.2 Å². The molecule has 1 N–H and O–H groups in total. The van der Waals surface area contributed by atoms with Gasteiger partial charge in [0, 0.05) is 25.5 Å². The Morgan fingerprint density at radius 1 is 1.18 bits per heavy atom. The van der Waals surface area contributed by atoms with Gasteiger partial charge >= 0.3 is 0 Å². The maximum Gasteiger partial charge on any atom is 0.255 e. The van der Waals surface area contributed by atoms with E-state index < -0.39 is 0 Å². The fraction of sp³-hybridized carbons (Fsp3) is 0.214. The van der Waals surface area contributed by atoms with Crippen molar-refractivity contribution in [3.05, 3.63) is 59.4 Å². The van der Waals surface area contributed by atoms with E-state index in [-0.39, 0.29) is 5.91 Å². The number of carbonyl (C=O) groups excluding carboxylic acids is 1. The highest BCUT2D eigenvalue weighted by atomic mass is 16.2. The Labute approximate surface area is 100 Å². The summed E-state index contributed by atoms with van der Waals surface area (Å²) in [5.74, 6) is 0.112. The van der Waals surface area contributed by atoms with Crippen molar-refractivity contribution in [1.82, 2.24) is 9.88 Å². The summed E-state index contributed by atoms with van der Waals surface area (Å²) >= 11 is 0. The molecule has 2 heterocycles. The van der Waals surface area contributed by atoms with Crippen molar-refractivity contribution in [2.24, 2.45) is 0 Å². The second kappa shape index (κ2) is 4.09. The Kier molecular flexibility index (Phi) is 2.44. The molecular formula is C14H14N2O. The van der Waals surface area contributed by atoms with E-state index in [1.54, 1.807) is 12.4 Å². The number of hydrogen-bond donors (Lipinski definition) is 1. The second-order valence-electron chi connectivity index (χ2n) is 4.35. The molecule has 0 saturated heterocycles. The smallest absolute Gasteiger partial charge is 0.255 e. The monoisotopic (exact) mass is 226 g/mol. The molecule has 0 fully saturated rings. The first-order valence-electron chi connectivity index (χ1n) is 5.83. The number of nitrogens with zero attached hydrogens (tertiary/aromatic N) is 1. The lowest BCUT2D eigenvalue weighted by atomic mass is 9.99. The predicted octanol–water partition coefficient (Wildman–Crippen LogP) is 2.21. The first-order valence-corrected chi connectivity index (χ1v) is 5.83. The Morgan fingerprint density at radius 2 is 2.00 bits per heavy atom. The quantitative estimate of drug-likeness (QED) is 0.795. The second-order valence-corrected chi connectivity index (χ2v) is 4.35. The Hall–Kier alpha value is -2.03. The summed E-state index contributed by atoms with van der Waals surface area (Å²) in [6.07, 6.45) is 4.49. The van der Waals surface area contributed by atoms with Crippen LogP contribution in [-0.2, 0) is 13.0 Å². The van der Waals surface area contributed by atoms with Gasteiger partial charge in [-0.2, -0.15) is 0 Å². The fourth-order valence-electron chi connectivity index (χ4n) is 2.31. The molecule has 3 rings (SSSR count). The van der Waals surface area contributed by atoms with E-state index in [4.69, 9.17) is 0 Å². The highest BCUT2D eigenvalue weighted by molar-refractivity contribution is 5.94. The molecule has 0 aliphatic carbocycles. The number of benzene rings is 1. The van der Waals surface area contributed by atoms with Gasteiger partial charge in [0.2, 0.25) is 0 Å². The number of nitrogens with one attached hydrogen (secondary N) is 1. The highest BCUT2D eigenvalue weighted by Crippen LogP contribution is 2.19. The van der Waals surface area contributed by atoms with Gasteiger partial charge in [0.1, 0.15) is 0 Å². The lowest BCUT2D eigenvalue weighted by molar-refractivity contribution is 0.0735. The molecule has 1 aliphatic heterocycles. The van der Waals surface area contributed by atoms with E-state index >= 15 is 0 Å². The van der Waals surface area contributed by atoms with E-state index in [1.807, 2.05) is 17.0 Å². The summed E-state index contributed by atoms with van der Waals surface area (Å²) in [6.45, 7) is 1.53. The molecule has 3 heteroatoms. The van der Waals surface area contributed by atoms with Crippen LogP contribution in [0.4, 0.5) is 0 Å². The van der Waals surface area contributed by atoms with Crippen LogP contribution >= 0.6 is 0 Å². The first-order chi connectivity index (χ1) is 8.34. The molecule has 1 aromatic heterocycles. The van der Waals surface area contributed by atoms with Gasteiger partial charge in [-0.1, -0.05) is 24.3 Å². The Morgan fingerprint density at radius 3 is 2.76 bits per heavy atom. The molecule has 0 bridgehead atoms.